The first kappa shape index (κ1) is 11.5. The number of hydrogen-bond acceptors (Lipinski definition) is 5. The number of fused-ring (bicyclic) bond motifs is 3. The molecule has 3 heterocycles. The zero-order valence-corrected chi connectivity index (χ0v) is 10.8. The maximum Gasteiger partial charge on any atom is 0.143 e. The minimum Gasteiger partial charge on any atom is -0.508 e. The first-order valence-corrected chi connectivity index (χ1v) is 6.61. The highest BCUT2D eigenvalue weighted by Gasteiger charge is 2.18. The molecule has 1 aromatic carbocycles. The third-order valence-electron chi connectivity index (χ3n) is 3.66. The highest BCUT2D eigenvalue weighted by Crippen LogP contribution is 2.33. The van der Waals surface area contributed by atoms with Crippen LogP contribution in [0.3, 0.4) is 0 Å². The number of hydrogen-bond donors (Lipinski definition) is 2. The van der Waals surface area contributed by atoms with Gasteiger partial charge in [-0.3, -0.25) is 0 Å². The number of aromatic nitrogens is 3. The molecule has 102 valence electrons. The summed E-state index contributed by atoms with van der Waals surface area (Å²) in [6.07, 6.45) is 1.57. The van der Waals surface area contributed by atoms with Crippen LogP contribution >= 0.6 is 0 Å². The van der Waals surface area contributed by atoms with Gasteiger partial charge < -0.3 is 19.7 Å². The summed E-state index contributed by atoms with van der Waals surface area (Å²) in [6, 6.07) is 5.27. The molecule has 3 aromatic rings. The van der Waals surface area contributed by atoms with Gasteiger partial charge in [0.1, 0.15) is 23.5 Å². The van der Waals surface area contributed by atoms with E-state index in [0.29, 0.717) is 13.2 Å². The van der Waals surface area contributed by atoms with Crippen LogP contribution in [0.5, 0.6) is 5.75 Å². The second-order valence-electron chi connectivity index (χ2n) is 4.88. The van der Waals surface area contributed by atoms with E-state index in [1.54, 1.807) is 18.5 Å². The Hall–Kier alpha value is -2.34. The molecule has 1 aliphatic rings. The second kappa shape index (κ2) is 4.35. The maximum absolute atomic E-state index is 9.72. The number of nitrogens with zero attached hydrogens (tertiary/aromatic N) is 3. The third kappa shape index (κ3) is 1.69. The fraction of sp³-hybridized carbons (Fsp3) is 0.286. The number of phenolic OH excluding ortho intramolecular Hbond substituents is 1. The van der Waals surface area contributed by atoms with Crippen LogP contribution in [0.1, 0.15) is 0 Å². The minimum atomic E-state index is 0.246. The predicted octanol–water partition coefficient (Wildman–Crippen LogP) is 1.65. The van der Waals surface area contributed by atoms with E-state index in [1.807, 2.05) is 6.07 Å². The predicted molar refractivity (Wildman–Crippen MR) is 76.1 cm³/mol. The smallest absolute Gasteiger partial charge is 0.143 e. The highest BCUT2D eigenvalue weighted by atomic mass is 16.5. The molecule has 0 atom stereocenters. The fourth-order valence-corrected chi connectivity index (χ4v) is 2.71. The van der Waals surface area contributed by atoms with Crippen molar-refractivity contribution >= 4 is 27.8 Å². The van der Waals surface area contributed by atoms with Crippen molar-refractivity contribution in [3.05, 3.63) is 24.5 Å². The highest BCUT2D eigenvalue weighted by molar-refractivity contribution is 6.11. The van der Waals surface area contributed by atoms with Crippen molar-refractivity contribution in [3.63, 3.8) is 0 Å². The van der Waals surface area contributed by atoms with Crippen LogP contribution in [0.4, 0.5) is 5.82 Å². The summed E-state index contributed by atoms with van der Waals surface area (Å²) in [7, 11) is 0. The summed E-state index contributed by atoms with van der Waals surface area (Å²) < 4.78 is 5.39. The Balaban J connectivity index is 1.99. The first-order chi connectivity index (χ1) is 9.83. The van der Waals surface area contributed by atoms with Gasteiger partial charge in [-0.25, -0.2) is 9.97 Å². The molecule has 0 spiro atoms. The van der Waals surface area contributed by atoms with Crippen LogP contribution in [0.25, 0.3) is 21.9 Å². The molecule has 0 saturated carbocycles. The van der Waals surface area contributed by atoms with E-state index in [-0.39, 0.29) is 5.75 Å². The van der Waals surface area contributed by atoms with Crippen molar-refractivity contribution in [2.45, 2.75) is 0 Å². The Morgan fingerprint density at radius 2 is 2.05 bits per heavy atom. The van der Waals surface area contributed by atoms with E-state index in [9.17, 15) is 5.11 Å². The number of rotatable bonds is 1. The topological polar surface area (TPSA) is 74.3 Å². The number of aromatic hydroxyl groups is 1. The number of aromatic amines is 1. The van der Waals surface area contributed by atoms with Gasteiger partial charge in [-0.1, -0.05) is 0 Å². The molecule has 0 bridgehead atoms. The lowest BCUT2D eigenvalue weighted by Crippen LogP contribution is -2.36. The van der Waals surface area contributed by atoms with Gasteiger partial charge in [-0.2, -0.15) is 0 Å². The molecule has 1 fully saturated rings. The van der Waals surface area contributed by atoms with Gasteiger partial charge in [-0.05, 0) is 18.2 Å². The van der Waals surface area contributed by atoms with Gasteiger partial charge in [0.25, 0.3) is 0 Å². The van der Waals surface area contributed by atoms with Gasteiger partial charge >= 0.3 is 0 Å². The molecule has 4 rings (SSSR count). The normalized spacial score (nSPS) is 16.1. The number of anilines is 1. The van der Waals surface area contributed by atoms with Crippen molar-refractivity contribution in [1.82, 2.24) is 15.0 Å². The van der Waals surface area contributed by atoms with E-state index in [1.165, 1.54) is 0 Å². The van der Waals surface area contributed by atoms with Gasteiger partial charge in [0.05, 0.1) is 18.6 Å². The van der Waals surface area contributed by atoms with Crippen molar-refractivity contribution in [3.8, 4) is 5.75 Å². The molecule has 0 unspecified atom stereocenters. The summed E-state index contributed by atoms with van der Waals surface area (Å²) in [4.78, 5) is 14.2. The molecule has 2 N–H and O–H groups in total. The largest absolute Gasteiger partial charge is 0.508 e. The first-order valence-electron chi connectivity index (χ1n) is 6.61. The summed E-state index contributed by atoms with van der Waals surface area (Å²) >= 11 is 0. The van der Waals surface area contributed by atoms with Gasteiger partial charge in [0, 0.05) is 24.0 Å². The molecule has 0 amide bonds. The Morgan fingerprint density at radius 3 is 2.90 bits per heavy atom. The average molecular weight is 270 g/mol. The minimum absolute atomic E-state index is 0.246. The lowest BCUT2D eigenvalue weighted by Gasteiger charge is -2.28. The van der Waals surface area contributed by atoms with Crippen LogP contribution in [-0.2, 0) is 4.74 Å². The summed E-state index contributed by atoms with van der Waals surface area (Å²) in [5.74, 6) is 1.14. The number of phenols is 1. The second-order valence-corrected chi connectivity index (χ2v) is 4.88. The number of H-pyrrole nitrogens is 1. The molecule has 2 aromatic heterocycles. The van der Waals surface area contributed by atoms with Crippen molar-refractivity contribution in [2.24, 2.45) is 0 Å². The summed E-state index contributed by atoms with van der Waals surface area (Å²) in [5, 5.41) is 11.6. The molecular formula is C14H14N4O2. The van der Waals surface area contributed by atoms with Crippen LogP contribution in [-0.4, -0.2) is 46.4 Å². The SMILES string of the molecule is Oc1ccc2[nH]c3ncnc(N4CCOCC4)c3c2c1. The third-order valence-corrected chi connectivity index (χ3v) is 3.66. The molecule has 6 heteroatoms. The van der Waals surface area contributed by atoms with Crippen LogP contribution in [0.2, 0.25) is 0 Å². The molecule has 0 radical (unpaired) electrons. The van der Waals surface area contributed by atoms with E-state index in [4.69, 9.17) is 4.74 Å². The quantitative estimate of drug-likeness (QED) is 0.703. The number of nitrogens with one attached hydrogen (secondary N) is 1. The van der Waals surface area contributed by atoms with Crippen molar-refractivity contribution in [2.75, 3.05) is 31.2 Å². The standard InChI is InChI=1S/C14H14N4O2/c19-9-1-2-11-10(7-9)12-13(17-11)15-8-16-14(12)18-3-5-20-6-4-18/h1-2,7-8,19H,3-6H2,(H,15,16,17). The molecule has 6 nitrogen and oxygen atoms in total. The van der Waals surface area contributed by atoms with E-state index >= 15 is 0 Å². The van der Waals surface area contributed by atoms with Crippen molar-refractivity contribution in [1.29, 1.82) is 0 Å². The Morgan fingerprint density at radius 1 is 1.20 bits per heavy atom. The summed E-state index contributed by atoms with van der Waals surface area (Å²) in [5.41, 5.74) is 1.75. The lowest BCUT2D eigenvalue weighted by molar-refractivity contribution is 0.122. The maximum atomic E-state index is 9.72. The lowest BCUT2D eigenvalue weighted by atomic mass is 10.2. The average Bonchev–Trinajstić information content (AvgIpc) is 2.86. The Kier molecular flexibility index (Phi) is 2.50. The van der Waals surface area contributed by atoms with Crippen LogP contribution in [0.15, 0.2) is 24.5 Å². The molecule has 20 heavy (non-hydrogen) atoms. The fourth-order valence-electron chi connectivity index (χ4n) is 2.71. The van der Waals surface area contributed by atoms with E-state index in [2.05, 4.69) is 19.9 Å². The van der Waals surface area contributed by atoms with E-state index < -0.39 is 0 Å². The van der Waals surface area contributed by atoms with Gasteiger partial charge in [-0.15, -0.1) is 0 Å². The van der Waals surface area contributed by atoms with Crippen molar-refractivity contribution < 1.29 is 9.84 Å². The number of ether oxygens (including phenoxy) is 1. The van der Waals surface area contributed by atoms with Gasteiger partial charge in [0.2, 0.25) is 0 Å². The zero-order valence-electron chi connectivity index (χ0n) is 10.8. The van der Waals surface area contributed by atoms with E-state index in [0.717, 1.165) is 40.8 Å². The molecule has 1 saturated heterocycles. The Labute approximate surface area is 115 Å². The zero-order chi connectivity index (χ0) is 13.5. The number of benzene rings is 1. The van der Waals surface area contributed by atoms with Crippen LogP contribution in [0, 0.1) is 0 Å². The van der Waals surface area contributed by atoms with Gasteiger partial charge in [0.15, 0.2) is 0 Å². The number of morpholine rings is 1. The Bertz CT molecular complexity index is 777. The molecule has 0 aliphatic carbocycles. The van der Waals surface area contributed by atoms with Crippen LogP contribution < -0.4 is 4.90 Å². The monoisotopic (exact) mass is 270 g/mol. The summed E-state index contributed by atoms with van der Waals surface area (Å²) in [6.45, 7) is 3.05. The molecule has 1 aliphatic heterocycles. The molecular weight excluding hydrogens is 256 g/mol.